The van der Waals surface area contributed by atoms with Crippen molar-refractivity contribution in [1.29, 1.82) is 0 Å². The largest absolute Gasteiger partial charge is 0.490 e. The summed E-state index contributed by atoms with van der Waals surface area (Å²) in [5.41, 5.74) is 1.20. The first-order valence-electron chi connectivity index (χ1n) is 11.6. The van der Waals surface area contributed by atoms with Crippen molar-refractivity contribution in [2.75, 3.05) is 23.0 Å². The first-order valence-corrected chi connectivity index (χ1v) is 12.7. The maximum atomic E-state index is 13.6. The van der Waals surface area contributed by atoms with Gasteiger partial charge in [0.15, 0.2) is 11.5 Å². The average molecular weight is 596 g/mol. The molecule has 7 nitrogen and oxygen atoms in total. The van der Waals surface area contributed by atoms with E-state index < -0.39 is 17.8 Å². The number of amides is 4. The first kappa shape index (κ1) is 25.4. The fraction of sp³-hybridized carbons (Fsp3) is 0.179. The van der Waals surface area contributed by atoms with E-state index in [-0.39, 0.29) is 5.57 Å². The molecule has 1 heterocycles. The molecule has 0 saturated carbocycles. The number of carbonyl (C=O) groups is 3. The van der Waals surface area contributed by atoms with Gasteiger partial charge < -0.3 is 9.47 Å². The van der Waals surface area contributed by atoms with E-state index in [2.05, 4.69) is 22.6 Å². The number of benzene rings is 3. The van der Waals surface area contributed by atoms with Crippen LogP contribution in [0.1, 0.15) is 25.8 Å². The van der Waals surface area contributed by atoms with Gasteiger partial charge in [0.1, 0.15) is 5.57 Å². The van der Waals surface area contributed by atoms with Gasteiger partial charge in [0, 0.05) is 0 Å². The van der Waals surface area contributed by atoms with Crippen LogP contribution in [0, 0.1) is 3.57 Å². The van der Waals surface area contributed by atoms with E-state index in [1.54, 1.807) is 66.7 Å². The predicted molar refractivity (Wildman–Crippen MR) is 147 cm³/mol. The van der Waals surface area contributed by atoms with Crippen molar-refractivity contribution in [3.63, 3.8) is 0 Å². The lowest BCUT2D eigenvalue weighted by atomic mass is 10.0. The van der Waals surface area contributed by atoms with Gasteiger partial charge in [-0.3, -0.25) is 9.59 Å². The van der Waals surface area contributed by atoms with Crippen LogP contribution in [0.3, 0.4) is 0 Å². The molecule has 0 N–H and O–H groups in total. The monoisotopic (exact) mass is 596 g/mol. The topological polar surface area (TPSA) is 76.2 Å². The molecule has 0 aromatic heterocycles. The molecule has 3 aromatic carbocycles. The van der Waals surface area contributed by atoms with E-state index in [1.807, 2.05) is 19.9 Å². The molecule has 0 aliphatic carbocycles. The Balaban J connectivity index is 1.84. The minimum Gasteiger partial charge on any atom is -0.490 e. The maximum Gasteiger partial charge on any atom is 0.343 e. The van der Waals surface area contributed by atoms with E-state index in [9.17, 15) is 14.4 Å². The highest BCUT2D eigenvalue weighted by molar-refractivity contribution is 14.1. The molecule has 4 amide bonds. The lowest BCUT2D eigenvalue weighted by Gasteiger charge is -2.34. The highest BCUT2D eigenvalue weighted by atomic mass is 127. The lowest BCUT2D eigenvalue weighted by Crippen LogP contribution is -2.57. The summed E-state index contributed by atoms with van der Waals surface area (Å²) in [5, 5.41) is 0. The molecule has 4 rings (SSSR count). The second-order valence-electron chi connectivity index (χ2n) is 7.90. The van der Waals surface area contributed by atoms with Gasteiger partial charge in [-0.2, -0.15) is 0 Å². The molecule has 1 saturated heterocycles. The summed E-state index contributed by atoms with van der Waals surface area (Å²) in [5.74, 6) is -0.239. The third kappa shape index (κ3) is 5.13. The zero-order valence-electron chi connectivity index (χ0n) is 19.9. The van der Waals surface area contributed by atoms with E-state index in [1.165, 1.54) is 6.08 Å². The Hall–Kier alpha value is -3.66. The Bertz CT molecular complexity index is 1240. The number of para-hydroxylation sites is 2. The molecule has 0 spiro atoms. The second-order valence-corrected chi connectivity index (χ2v) is 9.07. The minimum absolute atomic E-state index is 0.136. The van der Waals surface area contributed by atoms with Crippen LogP contribution in [0.5, 0.6) is 11.5 Å². The zero-order valence-corrected chi connectivity index (χ0v) is 22.1. The van der Waals surface area contributed by atoms with Crippen LogP contribution in [0.2, 0.25) is 0 Å². The molecule has 184 valence electrons. The third-order valence-electron chi connectivity index (χ3n) is 5.37. The Morgan fingerprint density at radius 2 is 1.36 bits per heavy atom. The van der Waals surface area contributed by atoms with Gasteiger partial charge >= 0.3 is 6.03 Å². The molecule has 1 fully saturated rings. The fourth-order valence-electron chi connectivity index (χ4n) is 3.78. The van der Waals surface area contributed by atoms with Crippen molar-refractivity contribution in [1.82, 2.24) is 0 Å². The molecule has 3 aromatic rings. The fourth-order valence-corrected chi connectivity index (χ4v) is 4.57. The maximum absolute atomic E-state index is 13.6. The van der Waals surface area contributed by atoms with Crippen molar-refractivity contribution in [3.05, 3.63) is 87.5 Å². The smallest absolute Gasteiger partial charge is 0.343 e. The number of hydrogen-bond acceptors (Lipinski definition) is 5. The van der Waals surface area contributed by atoms with Crippen molar-refractivity contribution in [2.45, 2.75) is 20.3 Å². The summed E-state index contributed by atoms with van der Waals surface area (Å²) in [6.45, 7) is 4.85. The predicted octanol–water partition coefficient (Wildman–Crippen LogP) is 6.06. The van der Waals surface area contributed by atoms with Gasteiger partial charge in [0.05, 0.1) is 28.2 Å². The highest BCUT2D eigenvalue weighted by Crippen LogP contribution is 2.36. The summed E-state index contributed by atoms with van der Waals surface area (Å²) in [7, 11) is 0. The van der Waals surface area contributed by atoms with Gasteiger partial charge in [-0.15, -0.1) is 0 Å². The number of carbonyl (C=O) groups excluding carboxylic acids is 3. The number of urea groups is 1. The summed E-state index contributed by atoms with van der Waals surface area (Å²) >= 11 is 2.15. The number of barbiturate groups is 1. The average Bonchev–Trinajstić information content (AvgIpc) is 2.88. The quantitative estimate of drug-likeness (QED) is 0.180. The van der Waals surface area contributed by atoms with Gasteiger partial charge in [0.25, 0.3) is 11.8 Å². The Morgan fingerprint density at radius 3 is 1.86 bits per heavy atom. The van der Waals surface area contributed by atoms with Crippen LogP contribution >= 0.6 is 22.6 Å². The van der Waals surface area contributed by atoms with Crippen molar-refractivity contribution in [2.24, 2.45) is 0 Å². The Labute approximate surface area is 223 Å². The van der Waals surface area contributed by atoms with E-state index in [0.29, 0.717) is 41.7 Å². The second kappa shape index (κ2) is 11.4. The molecule has 0 bridgehead atoms. The molecule has 8 heteroatoms. The Morgan fingerprint density at radius 1 is 0.806 bits per heavy atom. The van der Waals surface area contributed by atoms with E-state index in [0.717, 1.165) is 19.8 Å². The first-order chi connectivity index (χ1) is 17.5. The molecule has 1 aliphatic rings. The lowest BCUT2D eigenvalue weighted by molar-refractivity contribution is -0.121. The summed E-state index contributed by atoms with van der Waals surface area (Å²) in [6, 6.07) is 19.9. The molecular weight excluding hydrogens is 571 g/mol. The van der Waals surface area contributed by atoms with Crippen molar-refractivity contribution < 1.29 is 23.9 Å². The number of anilines is 2. The van der Waals surface area contributed by atoms with Crippen LogP contribution in [0.25, 0.3) is 6.08 Å². The summed E-state index contributed by atoms with van der Waals surface area (Å²) in [4.78, 5) is 42.6. The normalized spacial score (nSPS) is 13.8. The number of rotatable bonds is 8. The number of halogens is 1. The highest BCUT2D eigenvalue weighted by Gasteiger charge is 2.43. The number of hydrogen-bond donors (Lipinski definition) is 0. The van der Waals surface area contributed by atoms with Crippen LogP contribution < -0.4 is 19.3 Å². The van der Waals surface area contributed by atoms with Crippen molar-refractivity contribution in [3.8, 4) is 11.5 Å². The van der Waals surface area contributed by atoms with Crippen molar-refractivity contribution >= 4 is 57.9 Å². The van der Waals surface area contributed by atoms with E-state index >= 15 is 0 Å². The standard InChI is InChI=1S/C28H25IN2O5/c1-3-15-36-25-23(29)17-19(18-24(25)35-4-2)16-22-26(32)30(20-11-7-5-8-12-20)28(34)31(27(22)33)21-13-9-6-10-14-21/h5-14,16-18H,3-4,15H2,1-2H3. The van der Waals surface area contributed by atoms with E-state index in [4.69, 9.17) is 9.47 Å². The van der Waals surface area contributed by atoms with Crippen LogP contribution in [-0.2, 0) is 9.59 Å². The number of nitrogens with zero attached hydrogens (tertiary/aromatic N) is 2. The van der Waals surface area contributed by atoms with Crippen LogP contribution in [-0.4, -0.2) is 31.1 Å². The molecule has 1 aliphatic heterocycles. The Kier molecular flexibility index (Phi) is 8.04. The molecule has 0 unspecified atom stereocenters. The van der Waals surface area contributed by atoms with Crippen LogP contribution in [0.15, 0.2) is 78.4 Å². The van der Waals surface area contributed by atoms with Gasteiger partial charge in [-0.25, -0.2) is 14.6 Å². The minimum atomic E-state index is -0.729. The van der Waals surface area contributed by atoms with Gasteiger partial charge in [0.2, 0.25) is 0 Å². The third-order valence-corrected chi connectivity index (χ3v) is 6.17. The SMILES string of the molecule is CCCOc1c(I)cc(C=C2C(=O)N(c3ccccc3)C(=O)N(c3ccccc3)C2=O)cc1OCC. The molecule has 36 heavy (non-hydrogen) atoms. The number of ether oxygens (including phenoxy) is 2. The van der Waals surface area contributed by atoms with Gasteiger partial charge in [-0.1, -0.05) is 43.3 Å². The molecule has 0 atom stereocenters. The zero-order chi connectivity index (χ0) is 25.7. The molecular formula is C28H25IN2O5. The summed E-state index contributed by atoms with van der Waals surface area (Å²) < 4.78 is 12.4. The summed E-state index contributed by atoms with van der Waals surface area (Å²) in [6.07, 6.45) is 2.34. The molecule has 0 radical (unpaired) electrons. The van der Waals surface area contributed by atoms with Crippen LogP contribution in [0.4, 0.5) is 16.2 Å². The van der Waals surface area contributed by atoms with Gasteiger partial charge in [-0.05, 0) is 84.0 Å². The number of imide groups is 2.